The highest BCUT2D eigenvalue weighted by molar-refractivity contribution is 7.89. The zero-order valence-corrected chi connectivity index (χ0v) is 11.0. The number of benzene rings is 1. The fourth-order valence-electron chi connectivity index (χ4n) is 1.22. The van der Waals surface area contributed by atoms with E-state index in [1.807, 2.05) is 4.72 Å². The maximum absolute atomic E-state index is 11.9. The van der Waals surface area contributed by atoms with Crippen LogP contribution in [0.3, 0.4) is 0 Å². The smallest absolute Gasteiger partial charge is 0.333 e. The summed E-state index contributed by atoms with van der Waals surface area (Å²) in [5.74, 6) is -1.50. The molecule has 1 rings (SSSR count). The van der Waals surface area contributed by atoms with E-state index in [0.29, 0.717) is 5.56 Å². The van der Waals surface area contributed by atoms with Crippen LogP contribution >= 0.6 is 11.6 Å². The van der Waals surface area contributed by atoms with E-state index in [1.165, 1.54) is 12.1 Å². The van der Waals surface area contributed by atoms with Crippen LogP contribution < -0.4 is 4.72 Å². The van der Waals surface area contributed by atoms with Gasteiger partial charge in [0.1, 0.15) is 0 Å². The molecule has 0 spiro atoms. The molecular weight excluding hydrogens is 282 g/mol. The largest absolute Gasteiger partial charge is 0.479 e. The van der Waals surface area contributed by atoms with Crippen LogP contribution in [0.5, 0.6) is 0 Å². The highest BCUT2D eigenvalue weighted by Crippen LogP contribution is 2.19. The molecule has 18 heavy (non-hydrogen) atoms. The maximum atomic E-state index is 11.9. The van der Waals surface area contributed by atoms with Crippen LogP contribution in [-0.4, -0.2) is 37.2 Å². The summed E-state index contributed by atoms with van der Waals surface area (Å²) in [5, 5.41) is 17.7. The van der Waals surface area contributed by atoms with Crippen molar-refractivity contribution in [3.05, 3.63) is 28.8 Å². The van der Waals surface area contributed by atoms with Crippen molar-refractivity contribution in [2.75, 3.05) is 6.54 Å². The van der Waals surface area contributed by atoms with Crippen molar-refractivity contribution in [3.8, 4) is 0 Å². The average molecular weight is 294 g/mol. The van der Waals surface area contributed by atoms with Crippen LogP contribution in [0.2, 0.25) is 5.02 Å². The Morgan fingerprint density at radius 1 is 1.50 bits per heavy atom. The van der Waals surface area contributed by atoms with Gasteiger partial charge in [-0.15, -0.1) is 0 Å². The van der Waals surface area contributed by atoms with Gasteiger partial charge in [0, 0.05) is 11.6 Å². The summed E-state index contributed by atoms with van der Waals surface area (Å²) < 4.78 is 25.7. The van der Waals surface area contributed by atoms with Gasteiger partial charge in [-0.25, -0.2) is 17.9 Å². The van der Waals surface area contributed by atoms with Crippen molar-refractivity contribution in [1.82, 2.24) is 4.72 Å². The van der Waals surface area contributed by atoms with Gasteiger partial charge in [0.25, 0.3) is 0 Å². The molecule has 6 nitrogen and oxygen atoms in total. The molecule has 0 fully saturated rings. The van der Waals surface area contributed by atoms with Crippen molar-refractivity contribution < 1.29 is 23.4 Å². The first-order valence-electron chi connectivity index (χ1n) is 4.91. The van der Waals surface area contributed by atoms with Crippen LogP contribution in [0.4, 0.5) is 0 Å². The third-order valence-electron chi connectivity index (χ3n) is 2.19. The number of aryl methyl sites for hydroxylation is 1. The Morgan fingerprint density at radius 2 is 2.11 bits per heavy atom. The van der Waals surface area contributed by atoms with Crippen molar-refractivity contribution in [2.45, 2.75) is 17.9 Å². The second-order valence-electron chi connectivity index (χ2n) is 3.62. The molecule has 0 aliphatic rings. The van der Waals surface area contributed by atoms with E-state index < -0.39 is 28.6 Å². The molecule has 0 aliphatic carbocycles. The van der Waals surface area contributed by atoms with Crippen molar-refractivity contribution in [3.63, 3.8) is 0 Å². The predicted molar refractivity (Wildman–Crippen MR) is 65.0 cm³/mol. The molecule has 0 aliphatic heterocycles. The quantitative estimate of drug-likeness (QED) is 0.728. The number of sulfonamides is 1. The lowest BCUT2D eigenvalue weighted by Gasteiger charge is -2.11. The normalized spacial score (nSPS) is 13.3. The van der Waals surface area contributed by atoms with Gasteiger partial charge in [0.2, 0.25) is 10.0 Å². The number of aliphatic carboxylic acids is 1. The van der Waals surface area contributed by atoms with Gasteiger partial charge in [-0.2, -0.15) is 0 Å². The standard InChI is InChI=1S/C10H12ClNO5S/c1-6-2-3-7(11)4-9(6)18(16,17)12-5-8(13)10(14)15/h2-4,8,12-13H,5H2,1H3,(H,14,15). The van der Waals surface area contributed by atoms with E-state index in [4.69, 9.17) is 21.8 Å². The minimum Gasteiger partial charge on any atom is -0.479 e. The van der Waals surface area contributed by atoms with Crippen LogP contribution in [-0.2, 0) is 14.8 Å². The van der Waals surface area contributed by atoms with E-state index in [0.717, 1.165) is 0 Å². The number of carbonyl (C=O) groups is 1. The SMILES string of the molecule is Cc1ccc(Cl)cc1S(=O)(=O)NCC(O)C(=O)O. The van der Waals surface area contributed by atoms with E-state index in [2.05, 4.69) is 0 Å². The fourth-order valence-corrected chi connectivity index (χ4v) is 2.76. The molecule has 0 saturated heterocycles. The Kier molecular flexibility index (Phi) is 4.69. The van der Waals surface area contributed by atoms with Gasteiger partial charge in [-0.05, 0) is 24.6 Å². The number of carboxylic acid groups (broad SMARTS) is 1. The number of carboxylic acids is 1. The molecule has 0 aromatic heterocycles. The van der Waals surface area contributed by atoms with Gasteiger partial charge in [0.05, 0.1) is 4.90 Å². The minimum absolute atomic E-state index is 0.0485. The van der Waals surface area contributed by atoms with Crippen LogP contribution in [0.15, 0.2) is 23.1 Å². The van der Waals surface area contributed by atoms with Gasteiger partial charge in [-0.1, -0.05) is 17.7 Å². The average Bonchev–Trinajstić information content (AvgIpc) is 2.29. The van der Waals surface area contributed by atoms with E-state index in [-0.39, 0.29) is 9.92 Å². The monoisotopic (exact) mass is 293 g/mol. The van der Waals surface area contributed by atoms with Crippen molar-refractivity contribution in [1.29, 1.82) is 0 Å². The molecule has 0 bridgehead atoms. The summed E-state index contributed by atoms with van der Waals surface area (Å²) >= 11 is 5.70. The predicted octanol–water partition coefficient (Wildman–Crippen LogP) is 0.372. The molecule has 1 unspecified atom stereocenters. The molecule has 0 radical (unpaired) electrons. The number of hydrogen-bond donors (Lipinski definition) is 3. The van der Waals surface area contributed by atoms with E-state index in [9.17, 15) is 13.2 Å². The molecule has 8 heteroatoms. The minimum atomic E-state index is -3.90. The summed E-state index contributed by atoms with van der Waals surface area (Å²) in [5.41, 5.74) is 0.469. The number of nitrogens with one attached hydrogen (secondary N) is 1. The molecule has 1 aromatic rings. The number of rotatable bonds is 5. The van der Waals surface area contributed by atoms with Crippen LogP contribution in [0.1, 0.15) is 5.56 Å². The number of halogens is 1. The Balaban J connectivity index is 2.93. The molecule has 100 valence electrons. The lowest BCUT2D eigenvalue weighted by Crippen LogP contribution is -2.36. The molecule has 0 heterocycles. The van der Waals surface area contributed by atoms with Crippen molar-refractivity contribution >= 4 is 27.6 Å². The zero-order valence-electron chi connectivity index (χ0n) is 9.42. The van der Waals surface area contributed by atoms with Gasteiger partial charge < -0.3 is 10.2 Å². The molecule has 0 saturated carbocycles. The fraction of sp³-hybridized carbons (Fsp3) is 0.300. The zero-order chi connectivity index (χ0) is 13.9. The summed E-state index contributed by atoms with van der Waals surface area (Å²) in [6, 6.07) is 4.33. The molecular formula is C10H12ClNO5S. The molecule has 3 N–H and O–H groups in total. The van der Waals surface area contributed by atoms with Crippen molar-refractivity contribution in [2.24, 2.45) is 0 Å². The Bertz CT molecular complexity index is 557. The Labute approximate surface area is 109 Å². The van der Waals surface area contributed by atoms with E-state index in [1.54, 1.807) is 13.0 Å². The topological polar surface area (TPSA) is 104 Å². The third kappa shape index (κ3) is 3.67. The van der Waals surface area contributed by atoms with Crippen LogP contribution in [0, 0.1) is 6.92 Å². The second-order valence-corrected chi connectivity index (χ2v) is 5.79. The summed E-state index contributed by atoms with van der Waals surface area (Å²) in [6.07, 6.45) is -1.79. The number of aliphatic hydroxyl groups excluding tert-OH is 1. The summed E-state index contributed by atoms with van der Waals surface area (Å²) in [6.45, 7) is 0.974. The molecule has 1 aromatic carbocycles. The Hall–Kier alpha value is -1.15. The second kappa shape index (κ2) is 5.66. The number of hydrogen-bond acceptors (Lipinski definition) is 4. The van der Waals surface area contributed by atoms with Crippen LogP contribution in [0.25, 0.3) is 0 Å². The molecule has 0 amide bonds. The first-order valence-corrected chi connectivity index (χ1v) is 6.77. The van der Waals surface area contributed by atoms with Gasteiger partial charge in [-0.3, -0.25) is 0 Å². The first-order chi connectivity index (χ1) is 8.24. The summed E-state index contributed by atoms with van der Waals surface area (Å²) in [4.78, 5) is 10.3. The molecule has 1 atom stereocenters. The lowest BCUT2D eigenvalue weighted by atomic mass is 10.2. The van der Waals surface area contributed by atoms with Gasteiger partial charge >= 0.3 is 5.97 Å². The van der Waals surface area contributed by atoms with E-state index >= 15 is 0 Å². The Morgan fingerprint density at radius 3 is 2.67 bits per heavy atom. The summed E-state index contributed by atoms with van der Waals surface area (Å²) in [7, 11) is -3.90. The first kappa shape index (κ1) is 14.9. The highest BCUT2D eigenvalue weighted by Gasteiger charge is 2.21. The maximum Gasteiger partial charge on any atom is 0.333 e. The third-order valence-corrected chi connectivity index (χ3v) is 3.99. The lowest BCUT2D eigenvalue weighted by molar-refractivity contribution is -0.146. The van der Waals surface area contributed by atoms with Gasteiger partial charge in [0.15, 0.2) is 6.10 Å². The number of aliphatic hydroxyl groups is 1. The highest BCUT2D eigenvalue weighted by atomic mass is 35.5.